The molecule has 0 spiro atoms. The highest BCUT2D eigenvalue weighted by molar-refractivity contribution is 5.62. The van der Waals surface area contributed by atoms with Gasteiger partial charge in [-0.15, -0.1) is 0 Å². The van der Waals surface area contributed by atoms with Crippen LogP contribution in [0.2, 0.25) is 0 Å². The van der Waals surface area contributed by atoms with E-state index in [1.54, 1.807) is 0 Å². The van der Waals surface area contributed by atoms with Crippen molar-refractivity contribution in [3.63, 3.8) is 0 Å². The summed E-state index contributed by atoms with van der Waals surface area (Å²) in [4.78, 5) is 36.2. The Morgan fingerprint density at radius 2 is 1.00 bits per heavy atom. The molecule has 0 N–H and O–H groups in total. The normalized spacial score (nSPS) is 20.5. The van der Waals surface area contributed by atoms with E-state index in [4.69, 9.17) is 28.4 Å². The van der Waals surface area contributed by atoms with E-state index in [9.17, 15) is 14.4 Å². The molecule has 0 aromatic heterocycles. The maximum atomic E-state index is 12.2. The number of rotatable bonds is 12. The summed E-state index contributed by atoms with van der Waals surface area (Å²) >= 11 is 0. The Bertz CT molecular complexity index is 588. The highest BCUT2D eigenvalue weighted by atomic mass is 16.8. The van der Waals surface area contributed by atoms with Crippen molar-refractivity contribution in [1.82, 2.24) is 0 Å². The topological polar surface area (TPSA) is 107 Å². The molecule has 0 aliphatic heterocycles. The van der Waals surface area contributed by atoms with Gasteiger partial charge >= 0.3 is 18.5 Å². The van der Waals surface area contributed by atoms with E-state index in [0.717, 1.165) is 12.8 Å². The Kier molecular flexibility index (Phi) is 13.6. The van der Waals surface area contributed by atoms with Crippen LogP contribution in [0.15, 0.2) is 0 Å². The van der Waals surface area contributed by atoms with Gasteiger partial charge in [-0.3, -0.25) is 0 Å². The van der Waals surface area contributed by atoms with Crippen LogP contribution in [0, 0.1) is 17.8 Å². The Morgan fingerprint density at radius 3 is 1.42 bits per heavy atom. The molecule has 9 heteroatoms. The first-order valence-electron chi connectivity index (χ1n) is 12.1. The summed E-state index contributed by atoms with van der Waals surface area (Å²) in [5.41, 5.74) is 0. The van der Waals surface area contributed by atoms with Gasteiger partial charge in [0.25, 0.3) is 0 Å². The second kappa shape index (κ2) is 15.6. The fraction of sp³-hybridized carbons (Fsp3) is 0.875. The molecule has 1 fully saturated rings. The van der Waals surface area contributed by atoms with Crippen LogP contribution in [-0.4, -0.2) is 56.6 Å². The summed E-state index contributed by atoms with van der Waals surface area (Å²) < 4.78 is 31.6. The van der Waals surface area contributed by atoms with Gasteiger partial charge in [0.05, 0.1) is 19.8 Å². The number of carbonyl (C=O) groups is 3. The zero-order chi connectivity index (χ0) is 24.8. The SMILES string of the molecule is CC(C)CCOC(=O)OC1CCC(OC(=O)OCCC(C)C)C(OC(=O)OCCC(C)C)C1. The minimum absolute atomic E-state index is 0.169. The molecule has 3 unspecified atom stereocenters. The highest BCUT2D eigenvalue weighted by Gasteiger charge is 2.38. The minimum Gasteiger partial charge on any atom is -0.434 e. The molecule has 3 atom stereocenters. The van der Waals surface area contributed by atoms with Crippen LogP contribution in [0.5, 0.6) is 0 Å². The first kappa shape index (κ1) is 28.8. The summed E-state index contributed by atoms with van der Waals surface area (Å²) in [7, 11) is 0. The maximum Gasteiger partial charge on any atom is 0.508 e. The van der Waals surface area contributed by atoms with Gasteiger partial charge in [-0.2, -0.15) is 0 Å². The molecule has 1 aliphatic carbocycles. The van der Waals surface area contributed by atoms with Crippen LogP contribution in [0.1, 0.15) is 80.1 Å². The van der Waals surface area contributed by atoms with E-state index in [1.807, 2.05) is 41.5 Å². The van der Waals surface area contributed by atoms with Crippen LogP contribution >= 0.6 is 0 Å². The van der Waals surface area contributed by atoms with E-state index in [1.165, 1.54) is 0 Å². The fourth-order valence-electron chi connectivity index (χ4n) is 3.05. The fourth-order valence-corrected chi connectivity index (χ4v) is 3.05. The summed E-state index contributed by atoms with van der Waals surface area (Å²) in [6.45, 7) is 12.9. The van der Waals surface area contributed by atoms with E-state index in [0.29, 0.717) is 37.0 Å². The van der Waals surface area contributed by atoms with Crippen molar-refractivity contribution in [2.75, 3.05) is 19.8 Å². The molecule has 9 nitrogen and oxygen atoms in total. The molecule has 33 heavy (non-hydrogen) atoms. The average molecular weight is 475 g/mol. The molecular weight excluding hydrogens is 432 g/mol. The Hall–Kier alpha value is -2.19. The molecular formula is C24H42O9. The Morgan fingerprint density at radius 1 is 0.606 bits per heavy atom. The van der Waals surface area contributed by atoms with Crippen molar-refractivity contribution in [3.05, 3.63) is 0 Å². The van der Waals surface area contributed by atoms with Gasteiger partial charge in [-0.1, -0.05) is 41.5 Å². The second-order valence-electron chi connectivity index (χ2n) is 9.71. The van der Waals surface area contributed by atoms with Gasteiger partial charge in [0.1, 0.15) is 18.3 Å². The van der Waals surface area contributed by atoms with Crippen molar-refractivity contribution in [3.8, 4) is 0 Å². The van der Waals surface area contributed by atoms with Gasteiger partial charge in [0, 0.05) is 6.42 Å². The Labute approximate surface area is 197 Å². The zero-order valence-corrected chi connectivity index (χ0v) is 21.0. The summed E-state index contributed by atoms with van der Waals surface area (Å²) in [6.07, 6.45) is -1.37. The lowest BCUT2D eigenvalue weighted by molar-refractivity contribution is -0.0987. The van der Waals surface area contributed by atoms with Crippen molar-refractivity contribution >= 4 is 18.5 Å². The molecule has 0 aromatic carbocycles. The van der Waals surface area contributed by atoms with Crippen LogP contribution in [0.25, 0.3) is 0 Å². The summed E-state index contributed by atoms with van der Waals surface area (Å²) in [5, 5.41) is 0. The largest absolute Gasteiger partial charge is 0.508 e. The average Bonchev–Trinajstić information content (AvgIpc) is 2.69. The molecule has 1 aliphatic rings. The Balaban J connectivity index is 2.62. The third-order valence-electron chi connectivity index (χ3n) is 5.19. The third kappa shape index (κ3) is 13.8. The number of hydrogen-bond acceptors (Lipinski definition) is 9. The predicted molar refractivity (Wildman–Crippen MR) is 121 cm³/mol. The molecule has 192 valence electrons. The van der Waals surface area contributed by atoms with Crippen LogP contribution < -0.4 is 0 Å². The molecule has 0 aromatic rings. The molecule has 0 saturated heterocycles. The lowest BCUT2D eigenvalue weighted by atomic mass is 9.92. The van der Waals surface area contributed by atoms with E-state index in [2.05, 4.69) is 0 Å². The van der Waals surface area contributed by atoms with Gasteiger partial charge in [-0.25, -0.2) is 14.4 Å². The standard InChI is InChI=1S/C24H42O9/c1-16(2)9-12-28-22(25)31-19-7-8-20(32-23(26)29-13-10-17(3)4)21(15-19)33-24(27)30-14-11-18(5)6/h16-21H,7-15H2,1-6H3. The number of carbonyl (C=O) groups excluding carboxylic acids is 3. The quantitative estimate of drug-likeness (QED) is 0.253. The van der Waals surface area contributed by atoms with Crippen molar-refractivity contribution in [2.24, 2.45) is 17.8 Å². The minimum atomic E-state index is -0.845. The second-order valence-corrected chi connectivity index (χ2v) is 9.71. The first-order chi connectivity index (χ1) is 15.6. The maximum absolute atomic E-state index is 12.2. The molecule has 0 amide bonds. The van der Waals surface area contributed by atoms with E-state index >= 15 is 0 Å². The predicted octanol–water partition coefficient (Wildman–Crippen LogP) is 5.87. The van der Waals surface area contributed by atoms with Gasteiger partial charge < -0.3 is 28.4 Å². The zero-order valence-electron chi connectivity index (χ0n) is 21.0. The van der Waals surface area contributed by atoms with Gasteiger partial charge in [-0.05, 0) is 49.9 Å². The molecule has 0 radical (unpaired) electrons. The van der Waals surface area contributed by atoms with E-state index < -0.39 is 36.8 Å². The smallest absolute Gasteiger partial charge is 0.434 e. The molecule has 1 saturated carbocycles. The number of ether oxygens (including phenoxy) is 6. The van der Waals surface area contributed by atoms with Gasteiger partial charge in [0.2, 0.25) is 0 Å². The van der Waals surface area contributed by atoms with Crippen molar-refractivity contribution in [2.45, 2.75) is 98.4 Å². The molecule has 0 bridgehead atoms. The lowest BCUT2D eigenvalue weighted by Gasteiger charge is -2.33. The summed E-state index contributed by atoms with van der Waals surface area (Å²) in [5.74, 6) is 1.18. The third-order valence-corrected chi connectivity index (χ3v) is 5.19. The van der Waals surface area contributed by atoms with Crippen LogP contribution in [0.4, 0.5) is 14.4 Å². The first-order valence-corrected chi connectivity index (χ1v) is 12.1. The molecule has 1 rings (SSSR count). The van der Waals surface area contributed by atoms with Gasteiger partial charge in [0.15, 0.2) is 0 Å². The van der Waals surface area contributed by atoms with Crippen molar-refractivity contribution < 1.29 is 42.8 Å². The lowest BCUT2D eigenvalue weighted by Crippen LogP contribution is -2.43. The number of hydrogen-bond donors (Lipinski definition) is 0. The molecule has 0 heterocycles. The van der Waals surface area contributed by atoms with Crippen molar-refractivity contribution in [1.29, 1.82) is 0 Å². The monoisotopic (exact) mass is 474 g/mol. The van der Waals surface area contributed by atoms with Crippen LogP contribution in [0.3, 0.4) is 0 Å². The van der Waals surface area contributed by atoms with Crippen LogP contribution in [-0.2, 0) is 28.4 Å². The van der Waals surface area contributed by atoms with E-state index in [-0.39, 0.29) is 26.2 Å². The highest BCUT2D eigenvalue weighted by Crippen LogP contribution is 2.28. The summed E-state index contributed by atoms with van der Waals surface area (Å²) in [6, 6.07) is 0.